The summed E-state index contributed by atoms with van der Waals surface area (Å²) in [7, 11) is 0. The fourth-order valence-electron chi connectivity index (χ4n) is 2.46. The lowest BCUT2D eigenvalue weighted by atomic mass is 10.1. The number of aromatic nitrogens is 2. The fraction of sp³-hybridized carbons (Fsp3) is 0.375. The summed E-state index contributed by atoms with van der Waals surface area (Å²) < 4.78 is 11.4. The van der Waals surface area contributed by atoms with Gasteiger partial charge in [-0.05, 0) is 12.0 Å². The molecule has 2 N–H and O–H groups in total. The summed E-state index contributed by atoms with van der Waals surface area (Å²) >= 11 is 0. The minimum Gasteiger partial charge on any atom is -0.379 e. The predicted molar refractivity (Wildman–Crippen MR) is 80.3 cm³/mol. The van der Waals surface area contributed by atoms with Crippen molar-refractivity contribution in [3.8, 4) is 0 Å². The summed E-state index contributed by atoms with van der Waals surface area (Å²) in [6.07, 6.45) is 3.78. The van der Waals surface area contributed by atoms with E-state index in [1.807, 2.05) is 30.3 Å². The first-order valence-corrected chi connectivity index (χ1v) is 7.36. The summed E-state index contributed by atoms with van der Waals surface area (Å²) in [5, 5.41) is 9.37. The van der Waals surface area contributed by atoms with Crippen LogP contribution in [0.3, 0.4) is 0 Å². The van der Waals surface area contributed by atoms with Gasteiger partial charge in [0.2, 0.25) is 0 Å². The number of H-pyrrole nitrogens is 1. The van der Waals surface area contributed by atoms with Crippen LogP contribution in [-0.2, 0) is 16.1 Å². The second-order valence-electron chi connectivity index (χ2n) is 5.27. The van der Waals surface area contributed by atoms with Gasteiger partial charge >= 0.3 is 0 Å². The van der Waals surface area contributed by atoms with Gasteiger partial charge < -0.3 is 14.8 Å². The molecule has 22 heavy (non-hydrogen) atoms. The molecule has 1 aromatic carbocycles. The van der Waals surface area contributed by atoms with Crippen LogP contribution < -0.4 is 5.32 Å². The number of ether oxygens (including phenoxy) is 2. The monoisotopic (exact) mass is 301 g/mol. The van der Waals surface area contributed by atoms with Gasteiger partial charge in [-0.15, -0.1) is 0 Å². The van der Waals surface area contributed by atoms with Crippen molar-refractivity contribution in [2.75, 3.05) is 13.2 Å². The van der Waals surface area contributed by atoms with Gasteiger partial charge in [0.15, 0.2) is 0 Å². The zero-order chi connectivity index (χ0) is 15.2. The standard InChI is InChI=1S/C16H19N3O3/c20-16(13-8-17-18-9-13)19-14-11-21-7-6-15(14)22-10-12-4-2-1-3-5-12/h1-5,8-9,14-15H,6-7,10-11H2,(H,17,18)(H,19,20)/t14-,15+/m1/s1. The highest BCUT2D eigenvalue weighted by atomic mass is 16.5. The molecule has 1 aromatic heterocycles. The van der Waals surface area contributed by atoms with E-state index in [1.54, 1.807) is 6.20 Å². The number of amides is 1. The molecule has 1 amide bonds. The van der Waals surface area contributed by atoms with Gasteiger partial charge in [-0.25, -0.2) is 0 Å². The first kappa shape index (κ1) is 14.7. The summed E-state index contributed by atoms with van der Waals surface area (Å²) in [4.78, 5) is 12.1. The Morgan fingerprint density at radius 3 is 3.05 bits per heavy atom. The van der Waals surface area contributed by atoms with Gasteiger partial charge in [-0.3, -0.25) is 9.89 Å². The van der Waals surface area contributed by atoms with Crippen LogP contribution in [0.5, 0.6) is 0 Å². The Labute approximate surface area is 128 Å². The number of carbonyl (C=O) groups is 1. The second kappa shape index (κ2) is 7.20. The molecule has 1 saturated heterocycles. The van der Waals surface area contributed by atoms with E-state index in [0.717, 1.165) is 12.0 Å². The Hall–Kier alpha value is -2.18. The van der Waals surface area contributed by atoms with E-state index in [2.05, 4.69) is 15.5 Å². The van der Waals surface area contributed by atoms with Crippen LogP contribution in [0.2, 0.25) is 0 Å². The molecule has 2 heterocycles. The third-order valence-corrected chi connectivity index (χ3v) is 3.68. The molecule has 2 aromatic rings. The van der Waals surface area contributed by atoms with Crippen LogP contribution in [0.4, 0.5) is 0 Å². The van der Waals surface area contributed by atoms with Gasteiger partial charge in [-0.1, -0.05) is 30.3 Å². The van der Waals surface area contributed by atoms with Crippen molar-refractivity contribution in [1.29, 1.82) is 0 Å². The normalized spacial score (nSPS) is 21.5. The van der Waals surface area contributed by atoms with Crippen molar-refractivity contribution in [1.82, 2.24) is 15.5 Å². The number of rotatable bonds is 5. The van der Waals surface area contributed by atoms with Gasteiger partial charge in [0.05, 0.1) is 37.1 Å². The molecule has 0 bridgehead atoms. The molecule has 116 valence electrons. The summed E-state index contributed by atoms with van der Waals surface area (Å²) in [6.45, 7) is 1.64. The molecule has 0 unspecified atom stereocenters. The maximum absolute atomic E-state index is 12.1. The van der Waals surface area contributed by atoms with Crippen LogP contribution in [0.25, 0.3) is 0 Å². The van der Waals surface area contributed by atoms with Crippen molar-refractivity contribution in [2.45, 2.75) is 25.2 Å². The molecular weight excluding hydrogens is 282 g/mol. The van der Waals surface area contributed by atoms with Crippen LogP contribution in [-0.4, -0.2) is 41.5 Å². The largest absolute Gasteiger partial charge is 0.379 e. The molecule has 6 nitrogen and oxygen atoms in total. The Bertz CT molecular complexity index is 586. The highest BCUT2D eigenvalue weighted by Gasteiger charge is 2.28. The molecule has 0 saturated carbocycles. The number of hydrogen-bond acceptors (Lipinski definition) is 4. The lowest BCUT2D eigenvalue weighted by molar-refractivity contribution is -0.0605. The van der Waals surface area contributed by atoms with Crippen LogP contribution in [0, 0.1) is 0 Å². The lowest BCUT2D eigenvalue weighted by Gasteiger charge is -2.32. The van der Waals surface area contributed by atoms with Gasteiger partial charge in [-0.2, -0.15) is 5.10 Å². The highest BCUT2D eigenvalue weighted by Crippen LogP contribution is 2.15. The first-order valence-electron chi connectivity index (χ1n) is 7.36. The summed E-state index contributed by atoms with van der Waals surface area (Å²) in [6, 6.07) is 9.85. The summed E-state index contributed by atoms with van der Waals surface area (Å²) in [5.74, 6) is -0.169. The smallest absolute Gasteiger partial charge is 0.254 e. The number of benzene rings is 1. The first-order chi connectivity index (χ1) is 10.8. The molecule has 0 spiro atoms. The van der Waals surface area contributed by atoms with E-state index in [1.165, 1.54) is 6.20 Å². The van der Waals surface area contributed by atoms with Crippen molar-refractivity contribution >= 4 is 5.91 Å². The van der Waals surface area contributed by atoms with Crippen molar-refractivity contribution in [2.24, 2.45) is 0 Å². The third-order valence-electron chi connectivity index (χ3n) is 3.68. The quantitative estimate of drug-likeness (QED) is 0.878. The average Bonchev–Trinajstić information content (AvgIpc) is 3.10. The van der Waals surface area contributed by atoms with Crippen LogP contribution >= 0.6 is 0 Å². The van der Waals surface area contributed by atoms with Gasteiger partial charge in [0, 0.05) is 12.8 Å². The Morgan fingerprint density at radius 2 is 2.27 bits per heavy atom. The van der Waals surface area contributed by atoms with E-state index in [4.69, 9.17) is 9.47 Å². The Kier molecular flexibility index (Phi) is 4.82. The number of nitrogens with zero attached hydrogens (tertiary/aromatic N) is 1. The number of aromatic amines is 1. The van der Waals surface area contributed by atoms with E-state index >= 15 is 0 Å². The van der Waals surface area contributed by atoms with E-state index in [9.17, 15) is 4.79 Å². The molecule has 6 heteroatoms. The minimum atomic E-state index is -0.169. The zero-order valence-electron chi connectivity index (χ0n) is 12.2. The SMILES string of the molecule is O=C(N[C@@H]1COCC[C@@H]1OCc1ccccc1)c1cn[nH]c1. The maximum Gasteiger partial charge on any atom is 0.254 e. The average molecular weight is 301 g/mol. The molecule has 0 radical (unpaired) electrons. The summed E-state index contributed by atoms with van der Waals surface area (Å²) in [5.41, 5.74) is 1.63. The predicted octanol–water partition coefficient (Wildman–Crippen LogP) is 1.51. The number of carbonyl (C=O) groups excluding carboxylic acids is 1. The molecular formula is C16H19N3O3. The fourth-order valence-corrected chi connectivity index (χ4v) is 2.46. The van der Waals surface area contributed by atoms with E-state index < -0.39 is 0 Å². The molecule has 2 atom stereocenters. The maximum atomic E-state index is 12.1. The molecule has 1 fully saturated rings. The van der Waals surface area contributed by atoms with E-state index in [0.29, 0.717) is 25.4 Å². The third kappa shape index (κ3) is 3.72. The van der Waals surface area contributed by atoms with E-state index in [-0.39, 0.29) is 18.1 Å². The topological polar surface area (TPSA) is 76.2 Å². The van der Waals surface area contributed by atoms with Crippen molar-refractivity contribution in [3.63, 3.8) is 0 Å². The van der Waals surface area contributed by atoms with Crippen molar-refractivity contribution in [3.05, 3.63) is 53.9 Å². The van der Waals surface area contributed by atoms with Gasteiger partial charge in [0.25, 0.3) is 5.91 Å². The highest BCUT2D eigenvalue weighted by molar-refractivity contribution is 5.93. The minimum absolute atomic E-state index is 0.0511. The van der Waals surface area contributed by atoms with Crippen LogP contribution in [0.15, 0.2) is 42.7 Å². The molecule has 1 aliphatic heterocycles. The Morgan fingerprint density at radius 1 is 1.41 bits per heavy atom. The lowest BCUT2D eigenvalue weighted by Crippen LogP contribution is -2.50. The van der Waals surface area contributed by atoms with Crippen LogP contribution in [0.1, 0.15) is 22.3 Å². The van der Waals surface area contributed by atoms with Crippen molar-refractivity contribution < 1.29 is 14.3 Å². The van der Waals surface area contributed by atoms with Gasteiger partial charge in [0.1, 0.15) is 0 Å². The zero-order valence-corrected chi connectivity index (χ0v) is 12.2. The Balaban J connectivity index is 1.57. The molecule has 3 rings (SSSR count). The molecule has 1 aliphatic rings. The second-order valence-corrected chi connectivity index (χ2v) is 5.27. The molecule has 0 aliphatic carbocycles. The number of nitrogens with one attached hydrogen (secondary N) is 2. The number of hydrogen-bond donors (Lipinski definition) is 2.